The normalized spacial score (nSPS) is 18.0. The Balaban J connectivity index is 1.47. The molecule has 1 unspecified atom stereocenters. The van der Waals surface area contributed by atoms with E-state index in [2.05, 4.69) is 5.32 Å². The number of amides is 1. The van der Waals surface area contributed by atoms with Crippen LogP contribution in [0.1, 0.15) is 5.56 Å². The summed E-state index contributed by atoms with van der Waals surface area (Å²) in [6.45, 7) is 0.216. The Morgan fingerprint density at radius 2 is 1.90 bits per heavy atom. The minimum absolute atomic E-state index is 0.162. The number of carbonyl (C=O) groups is 1. The van der Waals surface area contributed by atoms with Gasteiger partial charge in [-0.25, -0.2) is 0 Å². The first-order chi connectivity index (χ1) is 10.3. The summed E-state index contributed by atoms with van der Waals surface area (Å²) in [6, 6.07) is 13.0. The molecule has 2 aromatic carbocycles. The van der Waals surface area contributed by atoms with Crippen LogP contribution < -0.4 is 19.5 Å². The van der Waals surface area contributed by atoms with Gasteiger partial charge in [0.05, 0.1) is 0 Å². The zero-order valence-electron chi connectivity index (χ0n) is 11.2. The average Bonchev–Trinajstić information content (AvgIpc) is 3.13. The van der Waals surface area contributed by atoms with Gasteiger partial charge in [-0.2, -0.15) is 0 Å². The van der Waals surface area contributed by atoms with Gasteiger partial charge in [0.1, 0.15) is 5.75 Å². The largest absolute Gasteiger partial charge is 0.480 e. The standard InChI is InChI=1S/C16H13NO4/c18-16(15-7-10-3-1-2-4-12(10)21-15)17-11-5-6-13-14(8-11)20-9-19-13/h1-6,8,15H,7,9H2,(H,17,18). The van der Waals surface area contributed by atoms with Crippen LogP contribution in [0.15, 0.2) is 42.5 Å². The second-order valence-corrected chi connectivity index (χ2v) is 4.98. The van der Waals surface area contributed by atoms with Gasteiger partial charge >= 0.3 is 0 Å². The Labute approximate surface area is 121 Å². The van der Waals surface area contributed by atoms with Crippen LogP contribution >= 0.6 is 0 Å². The summed E-state index contributed by atoms with van der Waals surface area (Å²) < 4.78 is 16.2. The minimum Gasteiger partial charge on any atom is -0.480 e. The maximum Gasteiger partial charge on any atom is 0.265 e. The second-order valence-electron chi connectivity index (χ2n) is 4.98. The molecule has 1 N–H and O–H groups in total. The van der Waals surface area contributed by atoms with E-state index in [-0.39, 0.29) is 12.7 Å². The Kier molecular flexibility index (Phi) is 2.70. The predicted molar refractivity (Wildman–Crippen MR) is 75.8 cm³/mol. The molecule has 2 aromatic rings. The maximum absolute atomic E-state index is 12.3. The van der Waals surface area contributed by atoms with E-state index in [0.29, 0.717) is 23.6 Å². The molecule has 0 fully saturated rings. The van der Waals surface area contributed by atoms with E-state index in [1.807, 2.05) is 24.3 Å². The Bertz CT molecular complexity index is 688. The lowest BCUT2D eigenvalue weighted by atomic mass is 10.1. The molecule has 21 heavy (non-hydrogen) atoms. The lowest BCUT2D eigenvalue weighted by Crippen LogP contribution is -2.31. The van der Waals surface area contributed by atoms with Crippen molar-refractivity contribution in [3.8, 4) is 17.2 Å². The lowest BCUT2D eigenvalue weighted by Gasteiger charge is -2.11. The maximum atomic E-state index is 12.3. The molecule has 2 aliphatic heterocycles. The molecule has 1 atom stereocenters. The van der Waals surface area contributed by atoms with Gasteiger partial charge in [-0.1, -0.05) is 18.2 Å². The fourth-order valence-electron chi connectivity index (χ4n) is 2.53. The van der Waals surface area contributed by atoms with Gasteiger partial charge in [0, 0.05) is 18.2 Å². The highest BCUT2D eigenvalue weighted by atomic mass is 16.7. The molecule has 0 saturated heterocycles. The first kappa shape index (κ1) is 12.1. The van der Waals surface area contributed by atoms with Gasteiger partial charge in [-0.05, 0) is 23.8 Å². The highest BCUT2D eigenvalue weighted by Crippen LogP contribution is 2.34. The third-order valence-electron chi connectivity index (χ3n) is 3.58. The molecule has 106 valence electrons. The third-order valence-corrected chi connectivity index (χ3v) is 3.58. The second kappa shape index (κ2) is 4.70. The van der Waals surface area contributed by atoms with Crippen LogP contribution in [-0.2, 0) is 11.2 Å². The van der Waals surface area contributed by atoms with E-state index in [9.17, 15) is 4.79 Å². The molecule has 0 saturated carbocycles. The monoisotopic (exact) mass is 283 g/mol. The molecular formula is C16H13NO4. The number of hydrogen-bond acceptors (Lipinski definition) is 4. The van der Waals surface area contributed by atoms with Crippen molar-refractivity contribution in [3.63, 3.8) is 0 Å². The summed E-state index contributed by atoms with van der Waals surface area (Å²) in [5, 5.41) is 2.85. The zero-order chi connectivity index (χ0) is 14.2. The molecule has 0 bridgehead atoms. The number of hydrogen-bond donors (Lipinski definition) is 1. The van der Waals surface area contributed by atoms with E-state index >= 15 is 0 Å². The summed E-state index contributed by atoms with van der Waals surface area (Å²) in [5.41, 5.74) is 1.73. The summed E-state index contributed by atoms with van der Waals surface area (Å²) in [6.07, 6.45) is 0.0971. The molecule has 0 radical (unpaired) electrons. The summed E-state index contributed by atoms with van der Waals surface area (Å²) in [5.74, 6) is 1.95. The number of ether oxygens (including phenoxy) is 3. The van der Waals surface area contributed by atoms with Gasteiger partial charge in [0.2, 0.25) is 6.79 Å². The molecule has 4 rings (SSSR count). The Hall–Kier alpha value is -2.69. The van der Waals surface area contributed by atoms with Crippen molar-refractivity contribution in [1.82, 2.24) is 0 Å². The average molecular weight is 283 g/mol. The SMILES string of the molecule is O=C(Nc1ccc2c(c1)OCO2)C1Cc2ccccc2O1. The van der Waals surface area contributed by atoms with Crippen molar-refractivity contribution in [2.75, 3.05) is 12.1 Å². The van der Waals surface area contributed by atoms with Crippen LogP contribution in [0, 0.1) is 0 Å². The van der Waals surface area contributed by atoms with Gasteiger partial charge in [-0.3, -0.25) is 4.79 Å². The van der Waals surface area contributed by atoms with Crippen LogP contribution in [0.2, 0.25) is 0 Å². The fourth-order valence-corrected chi connectivity index (χ4v) is 2.53. The topological polar surface area (TPSA) is 56.8 Å². The molecule has 2 aliphatic rings. The summed E-state index contributed by atoms with van der Waals surface area (Å²) >= 11 is 0. The van der Waals surface area contributed by atoms with E-state index < -0.39 is 6.10 Å². The highest BCUT2D eigenvalue weighted by Gasteiger charge is 2.29. The number of anilines is 1. The molecule has 5 nitrogen and oxygen atoms in total. The molecule has 0 spiro atoms. The van der Waals surface area contributed by atoms with Gasteiger partial charge < -0.3 is 19.5 Å². The van der Waals surface area contributed by atoms with E-state index in [0.717, 1.165) is 11.3 Å². The molecule has 2 heterocycles. The first-order valence-corrected chi connectivity index (χ1v) is 6.75. The summed E-state index contributed by atoms with van der Waals surface area (Å²) in [7, 11) is 0. The molecular weight excluding hydrogens is 270 g/mol. The van der Waals surface area contributed by atoms with Crippen molar-refractivity contribution in [3.05, 3.63) is 48.0 Å². The number of rotatable bonds is 2. The van der Waals surface area contributed by atoms with Crippen molar-refractivity contribution >= 4 is 11.6 Å². The number of benzene rings is 2. The first-order valence-electron chi connectivity index (χ1n) is 6.75. The van der Waals surface area contributed by atoms with Crippen molar-refractivity contribution in [2.45, 2.75) is 12.5 Å². The third kappa shape index (κ3) is 2.16. The van der Waals surface area contributed by atoms with Crippen LogP contribution in [0.3, 0.4) is 0 Å². The van der Waals surface area contributed by atoms with Crippen LogP contribution in [0.4, 0.5) is 5.69 Å². The number of nitrogens with one attached hydrogen (secondary N) is 1. The van der Waals surface area contributed by atoms with Gasteiger partial charge in [-0.15, -0.1) is 0 Å². The van der Waals surface area contributed by atoms with Crippen molar-refractivity contribution < 1.29 is 19.0 Å². The molecule has 5 heteroatoms. The summed E-state index contributed by atoms with van der Waals surface area (Å²) in [4.78, 5) is 12.3. The van der Waals surface area contributed by atoms with Crippen LogP contribution in [-0.4, -0.2) is 18.8 Å². The van der Waals surface area contributed by atoms with Crippen LogP contribution in [0.25, 0.3) is 0 Å². The Morgan fingerprint density at radius 1 is 1.05 bits per heavy atom. The fraction of sp³-hybridized carbons (Fsp3) is 0.188. The van der Waals surface area contributed by atoms with Gasteiger partial charge in [0.25, 0.3) is 5.91 Å². The molecule has 0 aliphatic carbocycles. The minimum atomic E-state index is -0.493. The zero-order valence-corrected chi connectivity index (χ0v) is 11.2. The number of para-hydroxylation sites is 1. The van der Waals surface area contributed by atoms with Crippen molar-refractivity contribution in [1.29, 1.82) is 0 Å². The van der Waals surface area contributed by atoms with E-state index in [1.165, 1.54) is 0 Å². The molecule has 1 amide bonds. The lowest BCUT2D eigenvalue weighted by molar-refractivity contribution is -0.122. The highest BCUT2D eigenvalue weighted by molar-refractivity contribution is 5.95. The Morgan fingerprint density at radius 3 is 2.81 bits per heavy atom. The smallest absolute Gasteiger partial charge is 0.265 e. The van der Waals surface area contributed by atoms with E-state index in [4.69, 9.17) is 14.2 Å². The quantitative estimate of drug-likeness (QED) is 0.919. The number of carbonyl (C=O) groups excluding carboxylic acids is 1. The molecule has 0 aromatic heterocycles. The number of fused-ring (bicyclic) bond motifs is 2. The van der Waals surface area contributed by atoms with Crippen molar-refractivity contribution in [2.24, 2.45) is 0 Å². The van der Waals surface area contributed by atoms with Gasteiger partial charge in [0.15, 0.2) is 17.6 Å². The predicted octanol–water partition coefficient (Wildman–Crippen LogP) is 2.36. The van der Waals surface area contributed by atoms with E-state index in [1.54, 1.807) is 18.2 Å². The van der Waals surface area contributed by atoms with Crippen LogP contribution in [0.5, 0.6) is 17.2 Å².